The molecule has 2 amide bonds. The largest absolute Gasteiger partial charge is 0.340 e. The number of carbonyl (C=O) groups is 2. The zero-order valence-corrected chi connectivity index (χ0v) is 16.2. The average molecular weight is 410 g/mol. The zero-order valence-electron chi connectivity index (χ0n) is 15.4. The van der Waals surface area contributed by atoms with E-state index in [0.29, 0.717) is 16.7 Å². The Hall–Kier alpha value is -3.20. The van der Waals surface area contributed by atoms with E-state index in [1.807, 2.05) is 24.3 Å². The Labute approximate surface area is 167 Å². The third-order valence-electron chi connectivity index (χ3n) is 5.49. The maximum absolute atomic E-state index is 13.0. The molecule has 5 rings (SSSR count). The van der Waals surface area contributed by atoms with Gasteiger partial charge in [0.25, 0.3) is 15.9 Å². The number of imidazole rings is 1. The number of nitrogens with zero attached hydrogens (tertiary/aromatic N) is 3. The summed E-state index contributed by atoms with van der Waals surface area (Å²) < 4.78 is 26.1. The van der Waals surface area contributed by atoms with Crippen molar-refractivity contribution in [2.24, 2.45) is 0 Å². The van der Waals surface area contributed by atoms with Crippen molar-refractivity contribution in [3.63, 3.8) is 0 Å². The van der Waals surface area contributed by atoms with Gasteiger partial charge < -0.3 is 9.88 Å². The molecule has 2 aromatic carbocycles. The van der Waals surface area contributed by atoms with Crippen LogP contribution in [0, 0.1) is 0 Å². The number of fused-ring (bicyclic) bond motifs is 2. The number of rotatable bonds is 3. The van der Waals surface area contributed by atoms with Crippen molar-refractivity contribution in [3.8, 4) is 0 Å². The van der Waals surface area contributed by atoms with Gasteiger partial charge in [-0.3, -0.25) is 9.59 Å². The fourth-order valence-electron chi connectivity index (χ4n) is 4.08. The highest BCUT2D eigenvalue weighted by Crippen LogP contribution is 2.33. The minimum absolute atomic E-state index is 0.0481. The topological polar surface area (TPSA) is 103 Å². The maximum Gasteiger partial charge on any atom is 0.269 e. The van der Waals surface area contributed by atoms with Crippen LogP contribution >= 0.6 is 0 Å². The van der Waals surface area contributed by atoms with Crippen LogP contribution in [-0.2, 0) is 14.8 Å². The molecule has 0 bridgehead atoms. The van der Waals surface area contributed by atoms with Crippen LogP contribution in [0.4, 0.5) is 0 Å². The van der Waals surface area contributed by atoms with Crippen molar-refractivity contribution < 1.29 is 18.0 Å². The van der Waals surface area contributed by atoms with Gasteiger partial charge >= 0.3 is 0 Å². The Morgan fingerprint density at radius 1 is 1.14 bits per heavy atom. The molecule has 0 spiro atoms. The first-order valence-corrected chi connectivity index (χ1v) is 10.8. The number of hydrogen-bond donors (Lipinski definition) is 1. The van der Waals surface area contributed by atoms with E-state index < -0.39 is 28.4 Å². The fraction of sp³-hybridized carbons (Fsp3) is 0.250. The van der Waals surface area contributed by atoms with Gasteiger partial charge in [-0.25, -0.2) is 17.7 Å². The molecule has 1 saturated heterocycles. The van der Waals surface area contributed by atoms with Crippen molar-refractivity contribution in [2.75, 3.05) is 13.1 Å². The van der Waals surface area contributed by atoms with Crippen LogP contribution in [0.5, 0.6) is 0 Å². The van der Waals surface area contributed by atoms with Crippen LogP contribution in [0.3, 0.4) is 0 Å². The third-order valence-corrected chi connectivity index (χ3v) is 7.27. The van der Waals surface area contributed by atoms with Crippen LogP contribution in [-0.4, -0.2) is 52.5 Å². The SMILES string of the molecule is O=C(CN1C(=O)c2ccccc2S1(=O)=O)N1CCCC1c1nc2ccccc2[nH]1. The summed E-state index contributed by atoms with van der Waals surface area (Å²) in [5.74, 6) is -0.387. The molecule has 1 atom stereocenters. The lowest BCUT2D eigenvalue weighted by atomic mass is 10.2. The van der Waals surface area contributed by atoms with Crippen molar-refractivity contribution in [2.45, 2.75) is 23.8 Å². The van der Waals surface area contributed by atoms with Crippen LogP contribution in [0.25, 0.3) is 11.0 Å². The highest BCUT2D eigenvalue weighted by molar-refractivity contribution is 7.90. The predicted octanol–water partition coefficient (Wildman–Crippen LogP) is 2.07. The molecule has 2 aliphatic heterocycles. The van der Waals surface area contributed by atoms with E-state index in [9.17, 15) is 18.0 Å². The van der Waals surface area contributed by atoms with Gasteiger partial charge in [0.2, 0.25) is 5.91 Å². The zero-order chi connectivity index (χ0) is 20.2. The number of hydrogen-bond acceptors (Lipinski definition) is 5. The van der Waals surface area contributed by atoms with Gasteiger partial charge in [-0.05, 0) is 37.1 Å². The first kappa shape index (κ1) is 17.9. The van der Waals surface area contributed by atoms with Gasteiger partial charge in [-0.15, -0.1) is 0 Å². The lowest BCUT2D eigenvalue weighted by molar-refractivity contribution is -0.132. The molecule has 1 unspecified atom stereocenters. The summed E-state index contributed by atoms with van der Waals surface area (Å²) >= 11 is 0. The van der Waals surface area contributed by atoms with Crippen molar-refractivity contribution in [1.29, 1.82) is 0 Å². The molecule has 1 fully saturated rings. The summed E-state index contributed by atoms with van der Waals surface area (Å²) in [4.78, 5) is 35.0. The standard InChI is InChI=1S/C20H18N4O4S/c25-18(12-24-20(26)13-6-1-4-10-17(13)29(24,27)28)23-11-5-9-16(23)19-21-14-7-2-3-8-15(14)22-19/h1-4,6-8,10,16H,5,9,11-12H2,(H,21,22). The van der Waals surface area contributed by atoms with Gasteiger partial charge in [0.1, 0.15) is 17.3 Å². The van der Waals surface area contributed by atoms with E-state index in [1.165, 1.54) is 12.1 Å². The molecule has 0 aliphatic carbocycles. The molecular formula is C20H18N4O4S. The van der Waals surface area contributed by atoms with Crippen LogP contribution in [0.15, 0.2) is 53.4 Å². The molecule has 0 saturated carbocycles. The van der Waals surface area contributed by atoms with Crippen molar-refractivity contribution in [3.05, 3.63) is 59.9 Å². The second kappa shape index (κ2) is 6.41. The molecule has 1 N–H and O–H groups in total. The molecule has 29 heavy (non-hydrogen) atoms. The summed E-state index contributed by atoms with van der Waals surface area (Å²) in [5, 5.41) is 0. The number of H-pyrrole nitrogens is 1. The Morgan fingerprint density at radius 3 is 2.69 bits per heavy atom. The quantitative estimate of drug-likeness (QED) is 0.712. The maximum atomic E-state index is 13.0. The Kier molecular flexibility index (Phi) is 3.95. The molecule has 148 valence electrons. The highest BCUT2D eigenvalue weighted by Gasteiger charge is 2.43. The third kappa shape index (κ3) is 2.72. The van der Waals surface area contributed by atoms with Crippen LogP contribution < -0.4 is 0 Å². The van der Waals surface area contributed by atoms with Crippen LogP contribution in [0.2, 0.25) is 0 Å². The number of aromatic amines is 1. The number of para-hydroxylation sites is 2. The van der Waals surface area contributed by atoms with E-state index in [0.717, 1.165) is 23.9 Å². The summed E-state index contributed by atoms with van der Waals surface area (Å²) in [6.07, 6.45) is 1.51. The molecule has 2 aliphatic rings. The van der Waals surface area contributed by atoms with Gasteiger partial charge in [0.05, 0.1) is 22.6 Å². The Bertz CT molecular complexity index is 1220. The molecule has 9 heteroatoms. The minimum Gasteiger partial charge on any atom is -0.340 e. The number of benzene rings is 2. The molecular weight excluding hydrogens is 392 g/mol. The molecule has 3 heterocycles. The summed E-state index contributed by atoms with van der Waals surface area (Å²) in [7, 11) is -4.01. The van der Waals surface area contributed by atoms with E-state index in [-0.39, 0.29) is 16.5 Å². The minimum atomic E-state index is -4.01. The summed E-state index contributed by atoms with van der Waals surface area (Å²) in [6.45, 7) is -0.0118. The van der Waals surface area contributed by atoms with Crippen LogP contribution in [0.1, 0.15) is 35.1 Å². The summed E-state index contributed by atoms with van der Waals surface area (Å²) in [5.41, 5.74) is 1.81. The second-order valence-corrected chi connectivity index (χ2v) is 9.03. The van der Waals surface area contributed by atoms with Gasteiger partial charge in [-0.1, -0.05) is 24.3 Å². The Balaban J connectivity index is 1.41. The lowest BCUT2D eigenvalue weighted by Gasteiger charge is -2.25. The van der Waals surface area contributed by atoms with E-state index in [2.05, 4.69) is 9.97 Å². The normalized spacial score (nSPS) is 20.4. The molecule has 3 aromatic rings. The van der Waals surface area contributed by atoms with Gasteiger partial charge in [-0.2, -0.15) is 0 Å². The average Bonchev–Trinajstić information content (AvgIpc) is 3.41. The molecule has 1 aromatic heterocycles. The van der Waals surface area contributed by atoms with Gasteiger partial charge in [0, 0.05) is 6.54 Å². The first-order chi connectivity index (χ1) is 14.0. The van der Waals surface area contributed by atoms with E-state index in [4.69, 9.17) is 0 Å². The van der Waals surface area contributed by atoms with Crippen molar-refractivity contribution >= 4 is 32.9 Å². The number of amides is 2. The number of sulfonamides is 1. The lowest BCUT2D eigenvalue weighted by Crippen LogP contribution is -2.42. The highest BCUT2D eigenvalue weighted by atomic mass is 32.2. The van der Waals surface area contributed by atoms with E-state index in [1.54, 1.807) is 17.0 Å². The molecule has 8 nitrogen and oxygen atoms in total. The number of nitrogens with one attached hydrogen (secondary N) is 1. The van der Waals surface area contributed by atoms with E-state index >= 15 is 0 Å². The monoisotopic (exact) mass is 410 g/mol. The fourth-order valence-corrected chi connectivity index (χ4v) is 5.60. The summed E-state index contributed by atoms with van der Waals surface area (Å²) in [6, 6.07) is 13.4. The first-order valence-electron chi connectivity index (χ1n) is 9.37. The predicted molar refractivity (Wildman–Crippen MR) is 104 cm³/mol. The smallest absolute Gasteiger partial charge is 0.269 e. The van der Waals surface area contributed by atoms with Gasteiger partial charge in [0.15, 0.2) is 0 Å². The number of carbonyl (C=O) groups excluding carboxylic acids is 2. The Morgan fingerprint density at radius 2 is 1.90 bits per heavy atom. The number of aromatic nitrogens is 2. The van der Waals surface area contributed by atoms with Crippen molar-refractivity contribution in [1.82, 2.24) is 19.2 Å². The molecule has 0 radical (unpaired) electrons. The second-order valence-electron chi connectivity index (χ2n) is 7.20. The number of likely N-dealkylation sites (tertiary alicyclic amines) is 1.